The molecular formula is C13H20N2O. The van der Waals surface area contributed by atoms with Gasteiger partial charge in [-0.15, -0.1) is 0 Å². The van der Waals surface area contributed by atoms with E-state index in [0.717, 1.165) is 5.56 Å². The number of hydrogen-bond donors (Lipinski definition) is 1. The third-order valence-corrected chi connectivity index (χ3v) is 2.69. The third kappa shape index (κ3) is 3.35. The van der Waals surface area contributed by atoms with Gasteiger partial charge in [0.05, 0.1) is 0 Å². The average Bonchev–Trinajstić information content (AvgIpc) is 2.30. The number of carbonyl (C=O) groups excluding carboxylic acids is 1. The molecule has 88 valence electrons. The second kappa shape index (κ2) is 5.66. The summed E-state index contributed by atoms with van der Waals surface area (Å²) in [7, 11) is 1.81. The highest BCUT2D eigenvalue weighted by Gasteiger charge is 2.15. The molecule has 0 aliphatic rings. The van der Waals surface area contributed by atoms with Gasteiger partial charge >= 0.3 is 0 Å². The van der Waals surface area contributed by atoms with Gasteiger partial charge in [0, 0.05) is 26.1 Å². The summed E-state index contributed by atoms with van der Waals surface area (Å²) < 4.78 is 0. The Balaban J connectivity index is 2.60. The molecular weight excluding hydrogens is 200 g/mol. The van der Waals surface area contributed by atoms with Crippen molar-refractivity contribution < 1.29 is 4.79 Å². The van der Waals surface area contributed by atoms with E-state index in [0.29, 0.717) is 13.1 Å². The quantitative estimate of drug-likeness (QED) is 0.836. The van der Waals surface area contributed by atoms with Gasteiger partial charge in [-0.2, -0.15) is 0 Å². The summed E-state index contributed by atoms with van der Waals surface area (Å²) in [6.07, 6.45) is 0. The van der Waals surface area contributed by atoms with E-state index in [1.54, 1.807) is 4.90 Å². The van der Waals surface area contributed by atoms with Gasteiger partial charge in [0.15, 0.2) is 0 Å². The molecule has 0 spiro atoms. The highest BCUT2D eigenvalue weighted by atomic mass is 16.2. The van der Waals surface area contributed by atoms with E-state index in [1.807, 2.05) is 26.1 Å². The van der Waals surface area contributed by atoms with E-state index in [2.05, 4.69) is 19.1 Å². The molecule has 0 aliphatic carbocycles. The number of amides is 1. The molecule has 0 saturated carbocycles. The van der Waals surface area contributed by atoms with Crippen molar-refractivity contribution in [2.75, 3.05) is 13.6 Å². The fraction of sp³-hybridized carbons (Fsp3) is 0.462. The maximum atomic E-state index is 11.8. The molecule has 1 atom stereocenters. The van der Waals surface area contributed by atoms with Crippen LogP contribution in [0.4, 0.5) is 0 Å². The standard InChI is InChI=1S/C13H20N2O/c1-10-4-6-12(7-5-10)9-15(3)13(16)11(2)8-14/h4-7,11H,8-9,14H2,1-3H3. The van der Waals surface area contributed by atoms with Crippen molar-refractivity contribution in [2.45, 2.75) is 20.4 Å². The van der Waals surface area contributed by atoms with Crippen LogP contribution in [0.3, 0.4) is 0 Å². The Morgan fingerprint density at radius 3 is 2.44 bits per heavy atom. The van der Waals surface area contributed by atoms with Crippen LogP contribution in [0.15, 0.2) is 24.3 Å². The minimum atomic E-state index is -0.101. The molecule has 3 nitrogen and oxygen atoms in total. The van der Waals surface area contributed by atoms with Crippen LogP contribution in [-0.2, 0) is 11.3 Å². The molecule has 0 fully saturated rings. The van der Waals surface area contributed by atoms with Crippen LogP contribution in [-0.4, -0.2) is 24.4 Å². The summed E-state index contributed by atoms with van der Waals surface area (Å²) in [6.45, 7) is 4.95. The highest BCUT2D eigenvalue weighted by Crippen LogP contribution is 2.08. The minimum Gasteiger partial charge on any atom is -0.341 e. The summed E-state index contributed by atoms with van der Waals surface area (Å²) in [5.41, 5.74) is 7.85. The van der Waals surface area contributed by atoms with E-state index in [-0.39, 0.29) is 11.8 Å². The molecule has 0 bridgehead atoms. The number of rotatable bonds is 4. The van der Waals surface area contributed by atoms with E-state index in [9.17, 15) is 4.79 Å². The zero-order valence-corrected chi connectivity index (χ0v) is 10.2. The zero-order valence-electron chi connectivity index (χ0n) is 10.2. The predicted molar refractivity (Wildman–Crippen MR) is 65.9 cm³/mol. The Bertz CT molecular complexity index is 345. The molecule has 1 amide bonds. The van der Waals surface area contributed by atoms with Crippen LogP contribution >= 0.6 is 0 Å². The Hall–Kier alpha value is -1.35. The Morgan fingerprint density at radius 1 is 1.38 bits per heavy atom. The topological polar surface area (TPSA) is 46.3 Å². The van der Waals surface area contributed by atoms with Crippen molar-refractivity contribution >= 4 is 5.91 Å². The van der Waals surface area contributed by atoms with Crippen molar-refractivity contribution in [1.82, 2.24) is 4.90 Å². The number of benzene rings is 1. The fourth-order valence-electron chi connectivity index (χ4n) is 1.52. The Morgan fingerprint density at radius 2 is 1.94 bits per heavy atom. The average molecular weight is 220 g/mol. The van der Waals surface area contributed by atoms with Crippen LogP contribution < -0.4 is 5.73 Å². The van der Waals surface area contributed by atoms with Crippen molar-refractivity contribution in [3.63, 3.8) is 0 Å². The Labute approximate surface area is 97.2 Å². The van der Waals surface area contributed by atoms with Gasteiger partial charge in [0.1, 0.15) is 0 Å². The molecule has 1 aromatic rings. The third-order valence-electron chi connectivity index (χ3n) is 2.69. The van der Waals surface area contributed by atoms with Crippen molar-refractivity contribution in [3.05, 3.63) is 35.4 Å². The lowest BCUT2D eigenvalue weighted by Crippen LogP contribution is -2.34. The van der Waals surface area contributed by atoms with Crippen molar-refractivity contribution in [2.24, 2.45) is 11.7 Å². The van der Waals surface area contributed by atoms with Crippen molar-refractivity contribution in [1.29, 1.82) is 0 Å². The minimum absolute atomic E-state index is 0.100. The summed E-state index contributed by atoms with van der Waals surface area (Å²) in [5.74, 6) is -0.00137. The van der Waals surface area contributed by atoms with Gasteiger partial charge in [-0.1, -0.05) is 36.8 Å². The van der Waals surface area contributed by atoms with Crippen LogP contribution in [0, 0.1) is 12.8 Å². The fourth-order valence-corrected chi connectivity index (χ4v) is 1.52. The number of nitrogens with two attached hydrogens (primary N) is 1. The molecule has 1 aromatic carbocycles. The molecule has 3 heteroatoms. The molecule has 1 unspecified atom stereocenters. The maximum Gasteiger partial charge on any atom is 0.226 e. The van der Waals surface area contributed by atoms with Gasteiger partial charge in [-0.3, -0.25) is 4.79 Å². The first kappa shape index (κ1) is 12.7. The highest BCUT2D eigenvalue weighted by molar-refractivity contribution is 5.78. The number of carbonyl (C=O) groups is 1. The normalized spacial score (nSPS) is 12.2. The molecule has 0 heterocycles. The lowest BCUT2D eigenvalue weighted by atomic mass is 10.1. The van der Waals surface area contributed by atoms with E-state index >= 15 is 0 Å². The van der Waals surface area contributed by atoms with Crippen LogP contribution in [0.1, 0.15) is 18.1 Å². The monoisotopic (exact) mass is 220 g/mol. The first-order chi connectivity index (χ1) is 7.54. The summed E-state index contributed by atoms with van der Waals surface area (Å²) in [5, 5.41) is 0. The summed E-state index contributed by atoms with van der Waals surface area (Å²) in [6, 6.07) is 8.21. The maximum absolute atomic E-state index is 11.8. The molecule has 1 rings (SSSR count). The first-order valence-corrected chi connectivity index (χ1v) is 5.55. The largest absolute Gasteiger partial charge is 0.341 e. The lowest BCUT2D eigenvalue weighted by Gasteiger charge is -2.20. The SMILES string of the molecule is Cc1ccc(CN(C)C(=O)C(C)CN)cc1. The molecule has 2 N–H and O–H groups in total. The smallest absolute Gasteiger partial charge is 0.226 e. The van der Waals surface area contributed by atoms with Crippen LogP contribution in [0.5, 0.6) is 0 Å². The number of aryl methyl sites for hydroxylation is 1. The molecule has 0 aromatic heterocycles. The Kier molecular flexibility index (Phi) is 4.50. The summed E-state index contributed by atoms with van der Waals surface area (Å²) >= 11 is 0. The lowest BCUT2D eigenvalue weighted by molar-refractivity contribution is -0.133. The van der Waals surface area contributed by atoms with E-state index in [4.69, 9.17) is 5.73 Å². The second-order valence-corrected chi connectivity index (χ2v) is 4.32. The molecule has 0 aliphatic heterocycles. The first-order valence-electron chi connectivity index (χ1n) is 5.55. The summed E-state index contributed by atoms with van der Waals surface area (Å²) in [4.78, 5) is 13.5. The second-order valence-electron chi connectivity index (χ2n) is 4.32. The van der Waals surface area contributed by atoms with Gasteiger partial charge in [-0.25, -0.2) is 0 Å². The predicted octanol–water partition coefficient (Wildman–Crippen LogP) is 1.55. The van der Waals surface area contributed by atoms with E-state index < -0.39 is 0 Å². The molecule has 0 radical (unpaired) electrons. The zero-order chi connectivity index (χ0) is 12.1. The van der Waals surface area contributed by atoms with E-state index in [1.165, 1.54) is 5.56 Å². The van der Waals surface area contributed by atoms with Gasteiger partial charge in [0.2, 0.25) is 5.91 Å². The number of hydrogen-bond acceptors (Lipinski definition) is 2. The van der Waals surface area contributed by atoms with Crippen LogP contribution in [0.2, 0.25) is 0 Å². The molecule has 0 saturated heterocycles. The molecule has 16 heavy (non-hydrogen) atoms. The van der Waals surface area contributed by atoms with Gasteiger partial charge in [0.25, 0.3) is 0 Å². The van der Waals surface area contributed by atoms with Gasteiger partial charge < -0.3 is 10.6 Å². The van der Waals surface area contributed by atoms with Crippen molar-refractivity contribution in [3.8, 4) is 0 Å². The van der Waals surface area contributed by atoms with Crippen LogP contribution in [0.25, 0.3) is 0 Å². The van der Waals surface area contributed by atoms with Gasteiger partial charge in [-0.05, 0) is 12.5 Å². The number of nitrogens with zero attached hydrogens (tertiary/aromatic N) is 1.